The maximum atomic E-state index is 13.1. The van der Waals surface area contributed by atoms with Gasteiger partial charge in [0.15, 0.2) is 11.5 Å². The molecule has 0 aliphatic carbocycles. The monoisotopic (exact) mass is 295 g/mol. The first-order valence-corrected chi connectivity index (χ1v) is 6.37. The molecule has 0 radical (unpaired) electrons. The maximum Gasteiger partial charge on any atom is 0.161 e. The van der Waals surface area contributed by atoms with Crippen LogP contribution in [0.4, 0.5) is 4.39 Å². The van der Waals surface area contributed by atoms with Crippen molar-refractivity contribution in [2.75, 3.05) is 14.2 Å². The molecule has 0 heterocycles. The topological polar surface area (TPSA) is 44.5 Å². The molecule has 0 saturated carbocycles. The van der Waals surface area contributed by atoms with Gasteiger partial charge < -0.3 is 15.2 Å². The number of halogens is 2. The third-order valence-electron chi connectivity index (χ3n) is 3.06. The highest BCUT2D eigenvalue weighted by molar-refractivity contribution is 6.31. The van der Waals surface area contributed by atoms with Crippen LogP contribution in [0.25, 0.3) is 0 Å². The number of ether oxygens (including phenoxy) is 2. The van der Waals surface area contributed by atoms with E-state index in [-0.39, 0.29) is 0 Å². The van der Waals surface area contributed by atoms with Crippen molar-refractivity contribution in [1.82, 2.24) is 0 Å². The summed E-state index contributed by atoms with van der Waals surface area (Å²) in [4.78, 5) is 0. The van der Waals surface area contributed by atoms with Gasteiger partial charge in [-0.3, -0.25) is 0 Å². The fourth-order valence-electron chi connectivity index (χ4n) is 1.98. The van der Waals surface area contributed by atoms with E-state index in [4.69, 9.17) is 26.8 Å². The van der Waals surface area contributed by atoms with Crippen molar-refractivity contribution in [1.29, 1.82) is 0 Å². The molecule has 0 aliphatic heterocycles. The minimum absolute atomic E-state index is 0.298. The Morgan fingerprint density at radius 1 is 1.05 bits per heavy atom. The summed E-state index contributed by atoms with van der Waals surface area (Å²) in [5, 5.41) is 0.298. The van der Waals surface area contributed by atoms with Crippen LogP contribution in [0.5, 0.6) is 11.5 Å². The molecule has 0 bridgehead atoms. The van der Waals surface area contributed by atoms with Crippen molar-refractivity contribution in [3.63, 3.8) is 0 Å². The lowest BCUT2D eigenvalue weighted by atomic mass is 9.99. The van der Waals surface area contributed by atoms with Crippen LogP contribution >= 0.6 is 11.6 Å². The van der Waals surface area contributed by atoms with Crippen LogP contribution in [0.1, 0.15) is 17.2 Å². The molecule has 0 aromatic heterocycles. The summed E-state index contributed by atoms with van der Waals surface area (Å²) in [5.74, 6) is 0.811. The second kappa shape index (κ2) is 6.11. The number of hydrogen-bond donors (Lipinski definition) is 1. The van der Waals surface area contributed by atoms with E-state index in [1.165, 1.54) is 12.1 Å². The molecule has 3 nitrogen and oxygen atoms in total. The van der Waals surface area contributed by atoms with Gasteiger partial charge in [0.1, 0.15) is 5.82 Å². The molecule has 0 spiro atoms. The molecule has 106 valence electrons. The number of nitrogens with two attached hydrogens (primary N) is 1. The van der Waals surface area contributed by atoms with E-state index in [2.05, 4.69) is 0 Å². The highest BCUT2D eigenvalue weighted by Gasteiger charge is 2.15. The van der Waals surface area contributed by atoms with Gasteiger partial charge in [0.25, 0.3) is 0 Å². The van der Waals surface area contributed by atoms with Gasteiger partial charge in [0, 0.05) is 5.02 Å². The Kier molecular flexibility index (Phi) is 4.47. The maximum absolute atomic E-state index is 13.1. The average molecular weight is 296 g/mol. The van der Waals surface area contributed by atoms with Crippen molar-refractivity contribution < 1.29 is 13.9 Å². The van der Waals surface area contributed by atoms with E-state index in [1.807, 2.05) is 6.07 Å². The molecule has 0 fully saturated rings. The van der Waals surface area contributed by atoms with Crippen LogP contribution in [0.2, 0.25) is 5.02 Å². The zero-order valence-corrected chi connectivity index (χ0v) is 11.9. The third-order valence-corrected chi connectivity index (χ3v) is 3.39. The van der Waals surface area contributed by atoms with Crippen LogP contribution in [-0.2, 0) is 0 Å². The van der Waals surface area contributed by atoms with Crippen molar-refractivity contribution >= 4 is 11.6 Å². The summed E-state index contributed by atoms with van der Waals surface area (Å²) in [7, 11) is 3.12. The lowest BCUT2D eigenvalue weighted by molar-refractivity contribution is 0.354. The van der Waals surface area contributed by atoms with Crippen LogP contribution in [0.3, 0.4) is 0 Å². The van der Waals surface area contributed by atoms with Gasteiger partial charge in [-0.15, -0.1) is 0 Å². The van der Waals surface area contributed by atoms with E-state index in [9.17, 15) is 4.39 Å². The molecule has 1 unspecified atom stereocenters. The number of methoxy groups -OCH3 is 2. The molecule has 2 N–H and O–H groups in total. The first-order chi connectivity index (χ1) is 9.56. The fraction of sp³-hybridized carbons (Fsp3) is 0.200. The van der Waals surface area contributed by atoms with Crippen LogP contribution < -0.4 is 15.2 Å². The second-order valence-corrected chi connectivity index (χ2v) is 4.67. The Bertz CT molecular complexity index is 619. The Hall–Kier alpha value is -1.78. The van der Waals surface area contributed by atoms with Gasteiger partial charge >= 0.3 is 0 Å². The molecule has 2 aromatic carbocycles. The average Bonchev–Trinajstić information content (AvgIpc) is 2.45. The summed E-state index contributed by atoms with van der Waals surface area (Å²) < 4.78 is 23.5. The van der Waals surface area contributed by atoms with E-state index in [0.717, 1.165) is 5.56 Å². The molecule has 2 rings (SSSR count). The minimum Gasteiger partial charge on any atom is -0.493 e. The lowest BCUT2D eigenvalue weighted by Gasteiger charge is -2.16. The molecular weight excluding hydrogens is 281 g/mol. The smallest absolute Gasteiger partial charge is 0.161 e. The third kappa shape index (κ3) is 2.86. The van der Waals surface area contributed by atoms with Crippen molar-refractivity contribution in [3.8, 4) is 11.5 Å². The van der Waals surface area contributed by atoms with Gasteiger partial charge in [0.05, 0.1) is 20.3 Å². The molecule has 0 aliphatic rings. The first kappa shape index (κ1) is 14.6. The Morgan fingerprint density at radius 2 is 1.75 bits per heavy atom. The molecule has 20 heavy (non-hydrogen) atoms. The van der Waals surface area contributed by atoms with Crippen molar-refractivity contribution in [2.45, 2.75) is 6.04 Å². The van der Waals surface area contributed by atoms with Crippen LogP contribution in [-0.4, -0.2) is 14.2 Å². The standard InChI is InChI=1S/C15H15ClFNO2/c1-19-13-6-3-9(7-14(13)20-2)15(18)11-5-4-10(17)8-12(11)16/h3-8,15H,18H2,1-2H3. The summed E-state index contributed by atoms with van der Waals surface area (Å²) in [6.45, 7) is 0. The SMILES string of the molecule is COc1ccc(C(N)c2ccc(F)cc2Cl)cc1OC. The predicted molar refractivity (Wildman–Crippen MR) is 77.0 cm³/mol. The highest BCUT2D eigenvalue weighted by atomic mass is 35.5. The molecule has 0 amide bonds. The molecule has 2 aromatic rings. The number of benzene rings is 2. The Labute approximate surface area is 122 Å². The zero-order chi connectivity index (χ0) is 14.7. The molecule has 0 saturated heterocycles. The van der Waals surface area contributed by atoms with E-state index >= 15 is 0 Å². The van der Waals surface area contributed by atoms with Crippen molar-refractivity contribution in [3.05, 3.63) is 58.4 Å². The normalized spacial score (nSPS) is 12.1. The number of hydrogen-bond acceptors (Lipinski definition) is 3. The highest BCUT2D eigenvalue weighted by Crippen LogP contribution is 2.33. The van der Waals surface area contributed by atoms with Gasteiger partial charge in [-0.25, -0.2) is 4.39 Å². The predicted octanol–water partition coefficient (Wildman–Crippen LogP) is 3.54. The first-order valence-electron chi connectivity index (χ1n) is 5.99. The van der Waals surface area contributed by atoms with Gasteiger partial charge in [-0.05, 0) is 35.4 Å². The zero-order valence-electron chi connectivity index (χ0n) is 11.2. The minimum atomic E-state index is -0.470. The van der Waals surface area contributed by atoms with E-state index < -0.39 is 11.9 Å². The Morgan fingerprint density at radius 3 is 2.35 bits per heavy atom. The molecule has 5 heteroatoms. The van der Waals surface area contributed by atoms with Crippen LogP contribution in [0.15, 0.2) is 36.4 Å². The van der Waals surface area contributed by atoms with E-state index in [1.54, 1.807) is 32.4 Å². The summed E-state index contributed by atoms with van der Waals surface area (Å²) in [5.41, 5.74) is 7.63. The quantitative estimate of drug-likeness (QED) is 0.938. The fourth-order valence-corrected chi connectivity index (χ4v) is 2.26. The van der Waals surface area contributed by atoms with Gasteiger partial charge in [-0.1, -0.05) is 23.7 Å². The summed E-state index contributed by atoms with van der Waals surface area (Å²) in [6, 6.07) is 9.07. The van der Waals surface area contributed by atoms with E-state index in [0.29, 0.717) is 22.1 Å². The lowest BCUT2D eigenvalue weighted by Crippen LogP contribution is -2.12. The summed E-state index contributed by atoms with van der Waals surface area (Å²) >= 11 is 6.03. The number of rotatable bonds is 4. The van der Waals surface area contributed by atoms with Gasteiger partial charge in [0.2, 0.25) is 0 Å². The van der Waals surface area contributed by atoms with Gasteiger partial charge in [-0.2, -0.15) is 0 Å². The molecular formula is C15H15ClFNO2. The molecule has 1 atom stereocenters. The largest absolute Gasteiger partial charge is 0.493 e. The van der Waals surface area contributed by atoms with Crippen molar-refractivity contribution in [2.24, 2.45) is 5.73 Å². The van der Waals surface area contributed by atoms with Crippen LogP contribution in [0, 0.1) is 5.82 Å². The Balaban J connectivity index is 2.40. The summed E-state index contributed by atoms with van der Waals surface area (Å²) in [6.07, 6.45) is 0. The second-order valence-electron chi connectivity index (χ2n) is 4.26.